The highest BCUT2D eigenvalue weighted by atomic mass is 16.5. The number of fused-ring (bicyclic) bond motifs is 3. The highest BCUT2D eigenvalue weighted by Crippen LogP contribution is 2.44. The van der Waals surface area contributed by atoms with E-state index in [4.69, 9.17) is 4.74 Å². The van der Waals surface area contributed by atoms with Crippen LogP contribution < -0.4 is 10.6 Å². The van der Waals surface area contributed by atoms with Gasteiger partial charge in [0.2, 0.25) is 5.91 Å². The Labute approximate surface area is 192 Å². The molecule has 2 fully saturated rings. The lowest BCUT2D eigenvalue weighted by Crippen LogP contribution is -2.50. The fourth-order valence-electron chi connectivity index (χ4n) is 5.36. The molecule has 2 saturated carbocycles. The van der Waals surface area contributed by atoms with E-state index < -0.39 is 23.5 Å². The standard InChI is InChI=1S/C26H28N2O5/c29-23(30)17-11-5-6-16(17)14-27-24(31)26(12-13-26)28-25(32)33-15-22-20-9-3-1-7-18(20)19-8-2-4-10-21(19)22/h1-4,7-10,16-17,22H,5-6,11-15H2,(H,27,31)(H,28,32)(H,29,30)/t16-,17-/m0/s1. The molecule has 0 saturated heterocycles. The molecule has 2 amide bonds. The van der Waals surface area contributed by atoms with Crippen LogP contribution in [0.25, 0.3) is 11.1 Å². The molecule has 7 heteroatoms. The van der Waals surface area contributed by atoms with E-state index in [1.54, 1.807) is 0 Å². The summed E-state index contributed by atoms with van der Waals surface area (Å²) in [5, 5.41) is 15.0. The number of rotatable bonds is 7. The number of hydrogen-bond acceptors (Lipinski definition) is 4. The van der Waals surface area contributed by atoms with Crippen LogP contribution in [0.3, 0.4) is 0 Å². The molecule has 0 unspecified atom stereocenters. The number of aliphatic carboxylic acids is 1. The van der Waals surface area contributed by atoms with Crippen molar-refractivity contribution in [3.05, 3.63) is 59.7 Å². The van der Waals surface area contributed by atoms with Crippen LogP contribution in [0.15, 0.2) is 48.5 Å². The number of nitrogens with one attached hydrogen (secondary N) is 2. The van der Waals surface area contributed by atoms with Gasteiger partial charge in [-0.2, -0.15) is 0 Å². The molecule has 3 N–H and O–H groups in total. The van der Waals surface area contributed by atoms with Crippen molar-refractivity contribution in [3.63, 3.8) is 0 Å². The molecule has 2 atom stereocenters. The number of carbonyl (C=O) groups is 3. The zero-order valence-corrected chi connectivity index (χ0v) is 18.4. The van der Waals surface area contributed by atoms with Gasteiger partial charge in [0.15, 0.2) is 0 Å². The molecule has 0 aromatic heterocycles. The summed E-state index contributed by atoms with van der Waals surface area (Å²) in [6.07, 6.45) is 2.81. The molecule has 2 aromatic carbocycles. The smallest absolute Gasteiger partial charge is 0.408 e. The summed E-state index contributed by atoms with van der Waals surface area (Å²) in [4.78, 5) is 36.7. The number of ether oxygens (including phenoxy) is 1. The molecule has 3 aliphatic rings. The first kappa shape index (κ1) is 21.5. The van der Waals surface area contributed by atoms with Crippen LogP contribution in [-0.2, 0) is 14.3 Å². The van der Waals surface area contributed by atoms with Gasteiger partial charge in [0, 0.05) is 12.5 Å². The molecule has 3 aliphatic carbocycles. The lowest BCUT2D eigenvalue weighted by Gasteiger charge is -2.21. The molecule has 172 valence electrons. The van der Waals surface area contributed by atoms with Crippen molar-refractivity contribution >= 4 is 18.0 Å². The molecule has 0 aliphatic heterocycles. The maximum absolute atomic E-state index is 12.8. The first-order chi connectivity index (χ1) is 16.0. The average Bonchev–Trinajstić information content (AvgIpc) is 3.31. The Morgan fingerprint density at radius 3 is 2.21 bits per heavy atom. The zero-order chi connectivity index (χ0) is 23.0. The highest BCUT2D eigenvalue weighted by Gasteiger charge is 2.52. The number of alkyl carbamates (subject to hydrolysis) is 1. The van der Waals surface area contributed by atoms with Gasteiger partial charge in [-0.15, -0.1) is 0 Å². The Kier molecular flexibility index (Phi) is 5.56. The number of hydrogen-bond donors (Lipinski definition) is 3. The van der Waals surface area contributed by atoms with Gasteiger partial charge >= 0.3 is 12.1 Å². The van der Waals surface area contributed by atoms with E-state index in [0.717, 1.165) is 35.1 Å². The van der Waals surface area contributed by atoms with E-state index in [1.807, 2.05) is 24.3 Å². The number of benzene rings is 2. The second-order valence-electron chi connectivity index (χ2n) is 9.38. The van der Waals surface area contributed by atoms with Crippen LogP contribution in [0.5, 0.6) is 0 Å². The molecular weight excluding hydrogens is 420 g/mol. The Hall–Kier alpha value is -3.35. The van der Waals surface area contributed by atoms with Crippen molar-refractivity contribution in [1.82, 2.24) is 10.6 Å². The van der Waals surface area contributed by atoms with Crippen molar-refractivity contribution < 1.29 is 24.2 Å². The van der Waals surface area contributed by atoms with Gasteiger partial charge in [0.1, 0.15) is 12.1 Å². The van der Waals surface area contributed by atoms with Gasteiger partial charge < -0.3 is 20.5 Å². The van der Waals surface area contributed by atoms with Crippen molar-refractivity contribution in [1.29, 1.82) is 0 Å². The molecular formula is C26H28N2O5. The van der Waals surface area contributed by atoms with E-state index >= 15 is 0 Å². The average molecular weight is 449 g/mol. The summed E-state index contributed by atoms with van der Waals surface area (Å²) in [5.41, 5.74) is 3.64. The maximum Gasteiger partial charge on any atom is 0.408 e. The number of carbonyl (C=O) groups excluding carboxylic acids is 2. The van der Waals surface area contributed by atoms with Crippen LogP contribution in [0.4, 0.5) is 4.79 Å². The Bertz CT molecular complexity index is 1050. The van der Waals surface area contributed by atoms with Crippen molar-refractivity contribution in [2.75, 3.05) is 13.2 Å². The fourth-order valence-corrected chi connectivity index (χ4v) is 5.36. The monoisotopic (exact) mass is 448 g/mol. The topological polar surface area (TPSA) is 105 Å². The minimum absolute atomic E-state index is 0.0394. The summed E-state index contributed by atoms with van der Waals surface area (Å²) in [6.45, 7) is 0.518. The Morgan fingerprint density at radius 2 is 1.61 bits per heavy atom. The summed E-state index contributed by atoms with van der Waals surface area (Å²) in [7, 11) is 0. The molecule has 2 aromatic rings. The largest absolute Gasteiger partial charge is 0.481 e. The second-order valence-corrected chi connectivity index (χ2v) is 9.38. The van der Waals surface area contributed by atoms with Crippen LogP contribution in [0, 0.1) is 11.8 Å². The van der Waals surface area contributed by atoms with E-state index in [-0.39, 0.29) is 24.3 Å². The summed E-state index contributed by atoms with van der Waals surface area (Å²) >= 11 is 0. The molecule has 0 radical (unpaired) electrons. The van der Waals surface area contributed by atoms with Crippen LogP contribution in [0.2, 0.25) is 0 Å². The van der Waals surface area contributed by atoms with Gasteiger partial charge in [-0.1, -0.05) is 55.0 Å². The second kappa shape index (κ2) is 8.54. The lowest BCUT2D eigenvalue weighted by atomic mass is 9.96. The molecule has 7 nitrogen and oxygen atoms in total. The number of carboxylic acids is 1. The molecule has 0 spiro atoms. The first-order valence-corrected chi connectivity index (χ1v) is 11.6. The number of amides is 2. The lowest BCUT2D eigenvalue weighted by molar-refractivity contribution is -0.143. The van der Waals surface area contributed by atoms with Gasteiger partial charge in [0.05, 0.1) is 5.92 Å². The molecule has 33 heavy (non-hydrogen) atoms. The predicted octanol–water partition coefficient (Wildman–Crippen LogP) is 3.67. The third kappa shape index (κ3) is 4.08. The van der Waals surface area contributed by atoms with E-state index in [0.29, 0.717) is 25.8 Å². The van der Waals surface area contributed by atoms with E-state index in [2.05, 4.69) is 34.9 Å². The van der Waals surface area contributed by atoms with Crippen molar-refractivity contribution in [2.45, 2.75) is 43.6 Å². The fraction of sp³-hybridized carbons (Fsp3) is 0.423. The normalized spacial score (nSPS) is 22.2. The Morgan fingerprint density at radius 1 is 0.970 bits per heavy atom. The minimum atomic E-state index is -0.945. The van der Waals surface area contributed by atoms with Crippen molar-refractivity contribution in [2.24, 2.45) is 11.8 Å². The third-order valence-electron chi connectivity index (χ3n) is 7.37. The molecule has 0 heterocycles. The van der Waals surface area contributed by atoms with Crippen LogP contribution in [-0.4, -0.2) is 41.8 Å². The van der Waals surface area contributed by atoms with Crippen LogP contribution >= 0.6 is 0 Å². The van der Waals surface area contributed by atoms with Gasteiger partial charge in [-0.05, 0) is 53.9 Å². The maximum atomic E-state index is 12.8. The van der Waals surface area contributed by atoms with Gasteiger partial charge in [-0.3, -0.25) is 9.59 Å². The predicted molar refractivity (Wildman–Crippen MR) is 122 cm³/mol. The van der Waals surface area contributed by atoms with Crippen molar-refractivity contribution in [3.8, 4) is 11.1 Å². The Balaban J connectivity index is 1.17. The SMILES string of the molecule is O=C(NC1(C(=O)NC[C@@H]2CCC[C@@H]2C(=O)O)CC1)OCC1c2ccccc2-c2ccccc21. The third-order valence-corrected chi connectivity index (χ3v) is 7.37. The first-order valence-electron chi connectivity index (χ1n) is 11.6. The zero-order valence-electron chi connectivity index (χ0n) is 18.4. The minimum Gasteiger partial charge on any atom is -0.481 e. The van der Waals surface area contributed by atoms with Crippen LogP contribution in [0.1, 0.15) is 49.1 Å². The summed E-state index contributed by atoms with van der Waals surface area (Å²) in [6, 6.07) is 16.3. The molecule has 0 bridgehead atoms. The van der Waals surface area contributed by atoms with Gasteiger partial charge in [0.25, 0.3) is 0 Å². The quantitative estimate of drug-likeness (QED) is 0.599. The van der Waals surface area contributed by atoms with E-state index in [1.165, 1.54) is 0 Å². The summed E-state index contributed by atoms with van der Waals surface area (Å²) < 4.78 is 5.58. The van der Waals surface area contributed by atoms with E-state index in [9.17, 15) is 19.5 Å². The number of carboxylic acid groups (broad SMARTS) is 1. The summed E-state index contributed by atoms with van der Waals surface area (Å²) in [5.74, 6) is -1.56. The molecule has 5 rings (SSSR count). The van der Waals surface area contributed by atoms with Gasteiger partial charge in [-0.25, -0.2) is 4.79 Å². The highest BCUT2D eigenvalue weighted by molar-refractivity contribution is 5.93.